The summed E-state index contributed by atoms with van der Waals surface area (Å²) in [7, 11) is 0. The Balaban J connectivity index is 0.00000387. The minimum atomic E-state index is -0.849. The molecule has 2 amide bonds. The smallest absolute Gasteiger partial charge is 0.248 e. The van der Waals surface area contributed by atoms with Crippen LogP contribution in [0.2, 0.25) is 0 Å². The van der Waals surface area contributed by atoms with Gasteiger partial charge >= 0.3 is 0 Å². The van der Waals surface area contributed by atoms with E-state index in [0.717, 1.165) is 50.6 Å². The first-order valence-electron chi connectivity index (χ1n) is 14.9. The van der Waals surface area contributed by atoms with E-state index in [1.165, 1.54) is 18.6 Å². The van der Waals surface area contributed by atoms with Crippen LogP contribution in [-0.4, -0.2) is 64.0 Å². The summed E-state index contributed by atoms with van der Waals surface area (Å²) >= 11 is 0. The van der Waals surface area contributed by atoms with E-state index in [-0.39, 0.29) is 36.0 Å². The quantitative estimate of drug-likeness (QED) is 0.408. The molecule has 5 rings (SSSR count). The molecule has 2 aliphatic heterocycles. The van der Waals surface area contributed by atoms with Gasteiger partial charge in [-0.25, -0.2) is 4.39 Å². The number of aliphatic hydroxyl groups is 1. The van der Waals surface area contributed by atoms with Crippen LogP contribution < -0.4 is 10.1 Å². The van der Waals surface area contributed by atoms with E-state index in [1.807, 2.05) is 29.2 Å². The number of piperazine rings is 1. The molecule has 3 fully saturated rings. The van der Waals surface area contributed by atoms with Crippen LogP contribution in [0, 0.1) is 11.7 Å². The number of unbranched alkanes of at least 4 members (excludes halogenated alkanes) is 1. The molecule has 224 valence electrons. The first-order chi connectivity index (χ1) is 19.4. The fraction of sp³-hybridized carbons (Fsp3) is 0.562. The van der Waals surface area contributed by atoms with Crippen LogP contribution >= 0.6 is 12.4 Å². The zero-order chi connectivity index (χ0) is 28.1. The number of nitrogens with zero attached hydrogens (tertiary/aromatic N) is 2. The highest BCUT2D eigenvalue weighted by atomic mass is 35.5. The van der Waals surface area contributed by atoms with Gasteiger partial charge in [0.15, 0.2) is 0 Å². The monoisotopic (exact) mass is 587 g/mol. The van der Waals surface area contributed by atoms with Gasteiger partial charge < -0.3 is 20.1 Å². The molecular weight excluding hydrogens is 545 g/mol. The average Bonchev–Trinajstić information content (AvgIpc) is 2.98. The van der Waals surface area contributed by atoms with Crippen molar-refractivity contribution in [3.05, 3.63) is 59.9 Å². The number of ether oxygens (including phenoxy) is 1. The number of carbonyl (C=O) groups is 2. The van der Waals surface area contributed by atoms with Crippen LogP contribution in [-0.2, 0) is 16.1 Å². The lowest BCUT2D eigenvalue weighted by molar-refractivity contribution is -0.166. The maximum atomic E-state index is 13.8. The fourth-order valence-electron chi connectivity index (χ4n) is 6.60. The lowest BCUT2D eigenvalue weighted by Crippen LogP contribution is -2.75. The molecule has 0 aromatic heterocycles. The Labute approximate surface area is 248 Å². The normalized spacial score (nSPS) is 22.2. The summed E-state index contributed by atoms with van der Waals surface area (Å²) in [5.74, 6) is 0.811. The van der Waals surface area contributed by atoms with Crippen molar-refractivity contribution in [1.29, 1.82) is 0 Å². The highest BCUT2D eigenvalue weighted by Crippen LogP contribution is 2.36. The van der Waals surface area contributed by atoms with Gasteiger partial charge in [-0.1, -0.05) is 44.7 Å². The van der Waals surface area contributed by atoms with Crippen LogP contribution in [0.1, 0.15) is 70.3 Å². The number of rotatable bonds is 9. The molecule has 1 saturated carbocycles. The van der Waals surface area contributed by atoms with Gasteiger partial charge in [-0.15, -0.1) is 12.4 Å². The molecule has 41 heavy (non-hydrogen) atoms. The number of halogens is 2. The van der Waals surface area contributed by atoms with Crippen molar-refractivity contribution < 1.29 is 23.8 Å². The predicted octanol–water partition coefficient (Wildman–Crippen LogP) is 5.44. The molecule has 0 bridgehead atoms. The third-order valence-electron chi connectivity index (χ3n) is 9.03. The van der Waals surface area contributed by atoms with E-state index < -0.39 is 17.7 Å². The second-order valence-electron chi connectivity index (χ2n) is 11.7. The summed E-state index contributed by atoms with van der Waals surface area (Å²) < 4.78 is 18.9. The highest BCUT2D eigenvalue weighted by Gasteiger charge is 2.55. The minimum Gasteiger partial charge on any atom is -0.457 e. The van der Waals surface area contributed by atoms with Gasteiger partial charge in [0.2, 0.25) is 11.8 Å². The second kappa shape index (κ2) is 14.0. The van der Waals surface area contributed by atoms with Gasteiger partial charge in [-0.05, 0) is 80.0 Å². The molecule has 2 unspecified atom stereocenters. The van der Waals surface area contributed by atoms with E-state index >= 15 is 0 Å². The molecule has 2 saturated heterocycles. The number of aliphatic hydroxyl groups excluding tert-OH is 1. The number of hydrogen-bond acceptors (Lipinski definition) is 5. The number of carbonyl (C=O) groups excluding carboxylic acids is 2. The first-order valence-corrected chi connectivity index (χ1v) is 14.9. The number of likely N-dealkylation sites (tertiary alicyclic amines) is 1. The molecule has 2 atom stereocenters. The third-order valence-corrected chi connectivity index (χ3v) is 9.03. The van der Waals surface area contributed by atoms with Crippen molar-refractivity contribution in [2.24, 2.45) is 5.92 Å². The molecule has 2 aromatic carbocycles. The fourth-order valence-corrected chi connectivity index (χ4v) is 6.60. The van der Waals surface area contributed by atoms with Gasteiger partial charge in [-0.3, -0.25) is 14.5 Å². The van der Waals surface area contributed by atoms with Crippen molar-refractivity contribution >= 4 is 24.2 Å². The van der Waals surface area contributed by atoms with Gasteiger partial charge in [0, 0.05) is 26.2 Å². The maximum Gasteiger partial charge on any atom is 0.248 e. The van der Waals surface area contributed by atoms with Gasteiger partial charge in [0.05, 0.1) is 6.10 Å². The summed E-state index contributed by atoms with van der Waals surface area (Å²) in [5, 5.41) is 14.1. The standard InChI is InChI=1S/C32H42FN3O4.ClH/c1-2-3-19-36-30(38)28(29(37)24-7-5-4-6-8-24)34-31(39)32(36)17-20-35(21-18-32)22-23-9-13-26(14-10-23)40-27-15-11-25(33)12-16-27;/h9-16,24,28-29,37H,2-8,17-22H2,1H3,(H,34,39);1H. The summed E-state index contributed by atoms with van der Waals surface area (Å²) in [4.78, 5) is 31.6. The summed E-state index contributed by atoms with van der Waals surface area (Å²) in [6.45, 7) is 4.78. The summed E-state index contributed by atoms with van der Waals surface area (Å²) in [6, 6.07) is 12.9. The SMILES string of the molecule is CCCCN1C(=O)C(C(O)C2CCCCC2)NC(=O)C12CCN(Cc1ccc(Oc3ccc(F)cc3)cc1)CC2.Cl. The molecular formula is C32H43ClFN3O4. The number of benzene rings is 2. The lowest BCUT2D eigenvalue weighted by atomic mass is 9.78. The van der Waals surface area contributed by atoms with Crippen LogP contribution in [0.5, 0.6) is 11.5 Å². The van der Waals surface area contributed by atoms with Gasteiger partial charge in [0.1, 0.15) is 28.9 Å². The molecule has 2 heterocycles. The lowest BCUT2D eigenvalue weighted by Gasteiger charge is -2.52. The Hall–Kier alpha value is -2.68. The maximum absolute atomic E-state index is 13.8. The predicted molar refractivity (Wildman–Crippen MR) is 159 cm³/mol. The van der Waals surface area contributed by atoms with Crippen LogP contribution in [0.4, 0.5) is 4.39 Å². The zero-order valence-corrected chi connectivity index (χ0v) is 24.7. The molecule has 7 nitrogen and oxygen atoms in total. The largest absolute Gasteiger partial charge is 0.457 e. The topological polar surface area (TPSA) is 82.1 Å². The number of hydrogen-bond donors (Lipinski definition) is 2. The van der Waals surface area contributed by atoms with Crippen LogP contribution in [0.3, 0.4) is 0 Å². The van der Waals surface area contributed by atoms with E-state index in [0.29, 0.717) is 44.0 Å². The van der Waals surface area contributed by atoms with E-state index in [1.54, 1.807) is 12.1 Å². The first kappa shape index (κ1) is 31.3. The Morgan fingerprint density at radius 1 is 1.00 bits per heavy atom. The molecule has 9 heteroatoms. The molecule has 1 aliphatic carbocycles. The number of nitrogens with one attached hydrogen (secondary N) is 1. The molecule has 1 spiro atoms. The Bertz CT molecular complexity index is 1150. The Morgan fingerprint density at radius 2 is 1.61 bits per heavy atom. The summed E-state index contributed by atoms with van der Waals surface area (Å²) in [5.41, 5.74) is 0.281. The average molecular weight is 588 g/mol. The van der Waals surface area contributed by atoms with Crippen molar-refractivity contribution in [3.8, 4) is 11.5 Å². The molecule has 2 N–H and O–H groups in total. The number of amides is 2. The van der Waals surface area contributed by atoms with E-state index in [9.17, 15) is 19.1 Å². The van der Waals surface area contributed by atoms with Gasteiger partial charge in [0.25, 0.3) is 0 Å². The summed E-state index contributed by atoms with van der Waals surface area (Å²) in [6.07, 6.45) is 7.23. The van der Waals surface area contributed by atoms with E-state index in [4.69, 9.17) is 4.74 Å². The highest BCUT2D eigenvalue weighted by molar-refractivity contribution is 6.00. The second-order valence-corrected chi connectivity index (χ2v) is 11.7. The molecule has 0 radical (unpaired) electrons. The molecule has 3 aliphatic rings. The van der Waals surface area contributed by atoms with Crippen LogP contribution in [0.15, 0.2) is 48.5 Å². The zero-order valence-electron chi connectivity index (χ0n) is 23.9. The van der Waals surface area contributed by atoms with Crippen molar-refractivity contribution in [2.75, 3.05) is 19.6 Å². The number of piperidine rings is 1. The van der Waals surface area contributed by atoms with Crippen LogP contribution in [0.25, 0.3) is 0 Å². The minimum absolute atomic E-state index is 0. The van der Waals surface area contributed by atoms with Crippen molar-refractivity contribution in [2.45, 2.75) is 88.9 Å². The van der Waals surface area contributed by atoms with Crippen molar-refractivity contribution in [1.82, 2.24) is 15.1 Å². The Morgan fingerprint density at radius 3 is 2.22 bits per heavy atom. The van der Waals surface area contributed by atoms with Crippen molar-refractivity contribution in [3.63, 3.8) is 0 Å². The third kappa shape index (κ3) is 7.04. The van der Waals surface area contributed by atoms with E-state index in [2.05, 4.69) is 17.1 Å². The Kier molecular flexibility index (Phi) is 10.7. The van der Waals surface area contributed by atoms with Gasteiger partial charge in [-0.2, -0.15) is 0 Å². The molecule has 2 aromatic rings.